The molecule has 112 valence electrons. The van der Waals surface area contributed by atoms with E-state index in [0.717, 1.165) is 32.6 Å². The number of hydrogen-bond acceptors (Lipinski definition) is 1. The van der Waals surface area contributed by atoms with Crippen LogP contribution in [0.1, 0.15) is 0 Å². The topological polar surface area (TPSA) is 17.3 Å². The molecule has 1 aliphatic heterocycles. The van der Waals surface area contributed by atoms with Crippen LogP contribution in [0.5, 0.6) is 0 Å². The molecule has 0 saturated carbocycles. The van der Waals surface area contributed by atoms with Crippen molar-refractivity contribution in [1.82, 2.24) is 4.98 Å². The normalized spacial score (nSPS) is 14.0. The van der Waals surface area contributed by atoms with Crippen LogP contribution in [0.4, 0.5) is 10.2 Å². The van der Waals surface area contributed by atoms with Crippen LogP contribution in [0.25, 0.3) is 21.9 Å². The van der Waals surface area contributed by atoms with Crippen molar-refractivity contribution in [2.75, 3.05) is 0 Å². The van der Waals surface area contributed by atoms with E-state index in [1.165, 1.54) is 12.1 Å². The molecule has 0 radical (unpaired) electrons. The smallest absolute Gasteiger partial charge is 0.233 e. The molecule has 3 aromatic rings. The van der Waals surface area contributed by atoms with E-state index < -0.39 is 0 Å². The Kier molecular flexibility index (Phi) is 3.45. The quantitative estimate of drug-likeness (QED) is 0.746. The second kappa shape index (κ2) is 5.61. The third-order valence-corrected chi connectivity index (χ3v) is 4.22. The highest BCUT2D eigenvalue weighted by atomic mass is 35.5. The minimum absolute atomic E-state index is 0.348. The number of hydrogen-bond donors (Lipinski definition) is 1. The molecule has 0 atom stereocenters. The number of quaternary nitrogens is 1. The molecular weight excluding hydrogens is 311 g/mol. The van der Waals surface area contributed by atoms with Crippen molar-refractivity contribution in [2.24, 2.45) is 0 Å². The van der Waals surface area contributed by atoms with Gasteiger partial charge in [0, 0.05) is 17.1 Å². The molecule has 1 aromatic heterocycles. The summed E-state index contributed by atoms with van der Waals surface area (Å²) >= 11 is 6.36. The fourth-order valence-corrected chi connectivity index (χ4v) is 3.18. The standard InChI is InChI=1S/C19H12ClFN2/c20-17-11-14(21)10-15-16(13-6-2-1-3-7-13)12-22-19(18(15)17)23-8-4-5-9-23/h1-12H/p+1. The molecule has 0 unspecified atom stereocenters. The number of benzene rings is 2. The molecule has 2 aromatic carbocycles. The highest BCUT2D eigenvalue weighted by Gasteiger charge is 2.21. The Morgan fingerprint density at radius 3 is 2.48 bits per heavy atom. The van der Waals surface area contributed by atoms with Gasteiger partial charge in [0.15, 0.2) is 0 Å². The zero-order valence-electron chi connectivity index (χ0n) is 12.1. The van der Waals surface area contributed by atoms with Gasteiger partial charge < -0.3 is 0 Å². The lowest BCUT2D eigenvalue weighted by molar-refractivity contribution is -0.711. The van der Waals surface area contributed by atoms with Crippen molar-refractivity contribution in [3.63, 3.8) is 0 Å². The van der Waals surface area contributed by atoms with E-state index >= 15 is 0 Å². The first-order chi connectivity index (χ1) is 11.2. The molecule has 0 spiro atoms. The summed E-state index contributed by atoms with van der Waals surface area (Å²) in [6.45, 7) is 0. The molecule has 0 aliphatic carbocycles. The van der Waals surface area contributed by atoms with Crippen LogP contribution in [0.2, 0.25) is 5.02 Å². The molecule has 23 heavy (non-hydrogen) atoms. The van der Waals surface area contributed by atoms with Gasteiger partial charge in [0.1, 0.15) is 18.2 Å². The number of pyridine rings is 1. The van der Waals surface area contributed by atoms with Gasteiger partial charge in [0.05, 0.1) is 10.4 Å². The minimum atomic E-state index is -0.348. The number of halogens is 2. The third-order valence-electron chi connectivity index (χ3n) is 3.93. The summed E-state index contributed by atoms with van der Waals surface area (Å²) in [5.41, 5.74) is 1.86. The molecule has 2 nitrogen and oxygen atoms in total. The Bertz CT molecular complexity index is 936. The van der Waals surface area contributed by atoms with Gasteiger partial charge in [-0.3, -0.25) is 0 Å². The van der Waals surface area contributed by atoms with Crippen molar-refractivity contribution < 1.29 is 9.29 Å². The van der Waals surface area contributed by atoms with Crippen LogP contribution in [0, 0.1) is 5.82 Å². The van der Waals surface area contributed by atoms with E-state index in [1.807, 2.05) is 54.9 Å². The first-order valence-electron chi connectivity index (χ1n) is 7.29. The van der Waals surface area contributed by atoms with Crippen molar-refractivity contribution in [2.45, 2.75) is 0 Å². The summed E-state index contributed by atoms with van der Waals surface area (Å²) in [6, 6.07) is 12.7. The molecule has 0 saturated heterocycles. The Hall–Kier alpha value is -2.49. The highest BCUT2D eigenvalue weighted by Crippen LogP contribution is 2.35. The summed E-state index contributed by atoms with van der Waals surface area (Å²) < 4.78 is 14.0. The van der Waals surface area contributed by atoms with Gasteiger partial charge in [-0.1, -0.05) is 41.9 Å². The van der Waals surface area contributed by atoms with E-state index in [1.54, 1.807) is 6.20 Å². The summed E-state index contributed by atoms with van der Waals surface area (Å²) in [7, 11) is 0. The van der Waals surface area contributed by atoms with Gasteiger partial charge in [-0.05, 0) is 29.8 Å². The number of nitrogens with one attached hydrogen (secondary N) is 1. The SMILES string of the molecule is Fc1cc(Cl)c2c([NH+]3C=CC=C3)ncc(-c3ccccc3)c2c1. The largest absolute Gasteiger partial charge is 0.244 e. The minimum Gasteiger partial charge on any atom is -0.233 e. The Labute approximate surface area is 138 Å². The molecule has 2 heterocycles. The van der Waals surface area contributed by atoms with Crippen molar-refractivity contribution in [3.05, 3.63) is 84.1 Å². The van der Waals surface area contributed by atoms with Crippen LogP contribution < -0.4 is 4.90 Å². The van der Waals surface area contributed by atoms with E-state index in [9.17, 15) is 4.39 Å². The van der Waals surface area contributed by atoms with Crippen LogP contribution >= 0.6 is 11.6 Å². The molecule has 0 amide bonds. The fourth-order valence-electron chi connectivity index (χ4n) is 2.89. The average molecular weight is 324 g/mol. The Balaban J connectivity index is 2.06. The van der Waals surface area contributed by atoms with Gasteiger partial charge in [-0.25, -0.2) is 14.3 Å². The third kappa shape index (κ3) is 2.44. The molecule has 4 rings (SSSR count). The maximum Gasteiger partial charge on any atom is 0.244 e. The number of allylic oxidation sites excluding steroid dienone is 2. The number of fused-ring (bicyclic) bond motifs is 1. The first kappa shape index (κ1) is 14.1. The second-order valence-corrected chi connectivity index (χ2v) is 5.78. The maximum atomic E-state index is 14.0. The molecule has 4 heteroatoms. The first-order valence-corrected chi connectivity index (χ1v) is 7.67. The summed E-state index contributed by atoms with van der Waals surface area (Å²) in [5.74, 6) is 0.425. The van der Waals surface area contributed by atoms with E-state index in [-0.39, 0.29) is 5.82 Å². The fraction of sp³-hybridized carbons (Fsp3) is 0. The van der Waals surface area contributed by atoms with Gasteiger partial charge in [-0.15, -0.1) is 0 Å². The van der Waals surface area contributed by atoms with Crippen LogP contribution in [0.3, 0.4) is 0 Å². The monoisotopic (exact) mass is 323 g/mol. The number of rotatable bonds is 2. The summed E-state index contributed by atoms with van der Waals surface area (Å²) in [5, 5.41) is 1.93. The molecule has 0 bridgehead atoms. The van der Waals surface area contributed by atoms with Crippen molar-refractivity contribution in [1.29, 1.82) is 0 Å². The van der Waals surface area contributed by atoms with Gasteiger partial charge in [0.2, 0.25) is 5.82 Å². The van der Waals surface area contributed by atoms with Crippen molar-refractivity contribution in [3.8, 4) is 11.1 Å². The molecule has 0 fully saturated rings. The lowest BCUT2D eigenvalue weighted by Gasteiger charge is -2.13. The van der Waals surface area contributed by atoms with Gasteiger partial charge in [-0.2, -0.15) is 0 Å². The van der Waals surface area contributed by atoms with E-state index in [2.05, 4.69) is 4.98 Å². The van der Waals surface area contributed by atoms with Crippen LogP contribution in [0.15, 0.2) is 73.2 Å². The number of aromatic nitrogens is 1. The van der Waals surface area contributed by atoms with Gasteiger partial charge in [0.25, 0.3) is 0 Å². The van der Waals surface area contributed by atoms with Crippen LogP contribution in [-0.2, 0) is 0 Å². The highest BCUT2D eigenvalue weighted by molar-refractivity contribution is 6.36. The Morgan fingerprint density at radius 2 is 1.74 bits per heavy atom. The molecular formula is C19H13ClFN2+. The average Bonchev–Trinajstić information content (AvgIpc) is 3.09. The number of nitrogens with zero attached hydrogens (tertiary/aromatic N) is 1. The predicted molar refractivity (Wildman–Crippen MR) is 91.0 cm³/mol. The van der Waals surface area contributed by atoms with Crippen LogP contribution in [-0.4, -0.2) is 4.98 Å². The molecule has 1 aliphatic rings. The van der Waals surface area contributed by atoms with E-state index in [0.29, 0.717) is 5.02 Å². The predicted octanol–water partition coefficient (Wildman–Crippen LogP) is 4.25. The zero-order valence-corrected chi connectivity index (χ0v) is 12.9. The van der Waals surface area contributed by atoms with Gasteiger partial charge >= 0.3 is 0 Å². The Morgan fingerprint density at radius 1 is 1.00 bits per heavy atom. The summed E-state index contributed by atoms with van der Waals surface area (Å²) in [4.78, 5) is 5.58. The second-order valence-electron chi connectivity index (χ2n) is 5.37. The van der Waals surface area contributed by atoms with Crippen molar-refractivity contribution >= 4 is 28.2 Å². The van der Waals surface area contributed by atoms with E-state index in [4.69, 9.17) is 11.6 Å². The zero-order chi connectivity index (χ0) is 15.8. The molecule has 1 N–H and O–H groups in total. The lowest BCUT2D eigenvalue weighted by atomic mass is 10.00. The maximum absolute atomic E-state index is 14.0. The summed E-state index contributed by atoms with van der Waals surface area (Å²) in [6.07, 6.45) is 9.64. The lowest BCUT2D eigenvalue weighted by Crippen LogP contribution is -2.96.